The van der Waals surface area contributed by atoms with Crippen LogP contribution in [0.1, 0.15) is 29.7 Å². The molecule has 1 saturated heterocycles. The zero-order chi connectivity index (χ0) is 24.7. The quantitative estimate of drug-likeness (QED) is 0.335. The Hall–Kier alpha value is -3.04. The Labute approximate surface area is 206 Å². The number of likely N-dealkylation sites (tertiary alicyclic amines) is 1. The van der Waals surface area contributed by atoms with Crippen molar-refractivity contribution in [2.24, 2.45) is 0 Å². The van der Waals surface area contributed by atoms with Crippen LogP contribution in [0.5, 0.6) is 17.2 Å². The van der Waals surface area contributed by atoms with Crippen molar-refractivity contribution in [3.63, 3.8) is 0 Å². The lowest BCUT2D eigenvalue weighted by Gasteiger charge is -2.27. The molecule has 0 saturated carbocycles. The summed E-state index contributed by atoms with van der Waals surface area (Å²) in [5.41, 5.74) is 1.90. The molecule has 1 amide bonds. The highest BCUT2D eigenvalue weighted by molar-refractivity contribution is 9.10. The number of aliphatic hydroxyl groups is 1. The van der Waals surface area contributed by atoms with Gasteiger partial charge in [-0.1, -0.05) is 0 Å². The largest absolute Gasteiger partial charge is 0.507 e. The van der Waals surface area contributed by atoms with Crippen LogP contribution in [-0.2, 0) is 16.0 Å². The van der Waals surface area contributed by atoms with E-state index < -0.39 is 17.7 Å². The summed E-state index contributed by atoms with van der Waals surface area (Å²) in [4.78, 5) is 29.7. The van der Waals surface area contributed by atoms with Crippen molar-refractivity contribution in [2.75, 3.05) is 34.3 Å². The van der Waals surface area contributed by atoms with Crippen LogP contribution < -0.4 is 9.47 Å². The van der Waals surface area contributed by atoms with Gasteiger partial charge in [-0.15, -0.1) is 0 Å². The molecule has 2 aliphatic rings. The SMILES string of the molecule is COc1cc([C@@H]2C(=C(O)c3ccc4c(c3)C[C@H](C)O4)C(=O)C(=O)N2CCN(C)C)cc(Br)c1O. The van der Waals surface area contributed by atoms with E-state index in [0.29, 0.717) is 28.6 Å². The van der Waals surface area contributed by atoms with Crippen LogP contribution in [0.2, 0.25) is 0 Å². The number of carbonyl (C=O) groups is 2. The van der Waals surface area contributed by atoms with Crippen molar-refractivity contribution in [1.82, 2.24) is 9.80 Å². The lowest BCUT2D eigenvalue weighted by Crippen LogP contribution is -2.35. The number of rotatable bonds is 6. The number of aliphatic hydroxyl groups excluding tert-OH is 1. The lowest BCUT2D eigenvalue weighted by atomic mass is 9.94. The molecule has 2 heterocycles. The first kappa shape index (κ1) is 24.1. The van der Waals surface area contributed by atoms with Gasteiger partial charge in [-0.2, -0.15) is 0 Å². The van der Waals surface area contributed by atoms with Gasteiger partial charge < -0.3 is 29.5 Å². The molecule has 9 heteroatoms. The molecule has 0 bridgehead atoms. The van der Waals surface area contributed by atoms with Gasteiger partial charge in [0.2, 0.25) is 0 Å². The third-order valence-electron chi connectivity index (χ3n) is 6.08. The zero-order valence-corrected chi connectivity index (χ0v) is 21.0. The number of hydrogen-bond acceptors (Lipinski definition) is 7. The van der Waals surface area contributed by atoms with Crippen LogP contribution in [0.4, 0.5) is 0 Å². The molecular weight excluding hydrogens is 504 g/mol. The van der Waals surface area contributed by atoms with Gasteiger partial charge in [-0.3, -0.25) is 9.59 Å². The summed E-state index contributed by atoms with van der Waals surface area (Å²) in [5, 5.41) is 21.6. The maximum atomic E-state index is 13.2. The van der Waals surface area contributed by atoms with Crippen LogP contribution in [0.15, 0.2) is 40.4 Å². The molecule has 0 spiro atoms. The molecule has 2 aliphatic heterocycles. The van der Waals surface area contributed by atoms with E-state index >= 15 is 0 Å². The average Bonchev–Trinajstić information content (AvgIpc) is 3.29. The summed E-state index contributed by atoms with van der Waals surface area (Å²) in [6.45, 7) is 2.76. The first-order chi connectivity index (χ1) is 16.1. The highest BCUT2D eigenvalue weighted by Gasteiger charge is 2.46. The Morgan fingerprint density at radius 2 is 2.00 bits per heavy atom. The molecule has 34 heavy (non-hydrogen) atoms. The topological polar surface area (TPSA) is 99.5 Å². The molecule has 2 N–H and O–H groups in total. The smallest absolute Gasteiger partial charge is 0.295 e. The number of fused-ring (bicyclic) bond motifs is 1. The van der Waals surface area contributed by atoms with Crippen LogP contribution in [0.3, 0.4) is 0 Å². The predicted octanol–water partition coefficient (Wildman–Crippen LogP) is 3.47. The number of benzene rings is 2. The van der Waals surface area contributed by atoms with E-state index in [0.717, 1.165) is 11.3 Å². The standard InChI is InChI=1S/C25H27BrN2O6/c1-13-9-15-10-14(5-6-18(15)34-13)22(29)20-21(16-11-17(26)23(30)19(12-16)33-4)28(8-7-27(2)3)25(32)24(20)31/h5-6,10-13,21,29-30H,7-9H2,1-4H3/t13-,21+/m0/s1. The number of Topliss-reactive ketones (excluding diaryl/α,β-unsaturated/α-hetero) is 1. The second-order valence-corrected chi connectivity index (χ2v) is 9.66. The highest BCUT2D eigenvalue weighted by atomic mass is 79.9. The molecule has 4 rings (SSSR count). The van der Waals surface area contributed by atoms with Crippen molar-refractivity contribution in [3.8, 4) is 17.2 Å². The average molecular weight is 531 g/mol. The van der Waals surface area contributed by atoms with Crippen molar-refractivity contribution in [2.45, 2.75) is 25.5 Å². The van der Waals surface area contributed by atoms with Crippen molar-refractivity contribution < 1.29 is 29.3 Å². The Morgan fingerprint density at radius 3 is 2.68 bits per heavy atom. The van der Waals surface area contributed by atoms with Gasteiger partial charge >= 0.3 is 0 Å². The van der Waals surface area contributed by atoms with E-state index in [1.807, 2.05) is 25.9 Å². The number of ether oxygens (including phenoxy) is 2. The fourth-order valence-electron chi connectivity index (χ4n) is 4.40. The molecule has 8 nitrogen and oxygen atoms in total. The fraction of sp³-hybridized carbons (Fsp3) is 0.360. The monoisotopic (exact) mass is 530 g/mol. The highest BCUT2D eigenvalue weighted by Crippen LogP contribution is 2.44. The molecule has 180 valence electrons. The lowest BCUT2D eigenvalue weighted by molar-refractivity contribution is -0.140. The van der Waals surface area contributed by atoms with Gasteiger partial charge in [0.15, 0.2) is 11.5 Å². The Balaban J connectivity index is 1.87. The number of methoxy groups -OCH3 is 1. The number of aromatic hydroxyl groups is 1. The minimum atomic E-state index is -0.853. The van der Waals surface area contributed by atoms with E-state index in [-0.39, 0.29) is 35.5 Å². The van der Waals surface area contributed by atoms with Crippen molar-refractivity contribution in [3.05, 3.63) is 57.1 Å². The van der Waals surface area contributed by atoms with Crippen molar-refractivity contribution in [1.29, 1.82) is 0 Å². The summed E-state index contributed by atoms with van der Waals surface area (Å²) in [6.07, 6.45) is 0.727. The minimum Gasteiger partial charge on any atom is -0.507 e. The molecule has 2 aromatic rings. The first-order valence-corrected chi connectivity index (χ1v) is 11.7. The van der Waals surface area contributed by atoms with Gasteiger partial charge in [0.05, 0.1) is 23.2 Å². The maximum Gasteiger partial charge on any atom is 0.295 e. The van der Waals surface area contributed by atoms with Gasteiger partial charge in [0.25, 0.3) is 11.7 Å². The van der Waals surface area contributed by atoms with Crippen LogP contribution in [0.25, 0.3) is 5.76 Å². The number of nitrogens with zero attached hydrogens (tertiary/aromatic N) is 2. The Bertz CT molecular complexity index is 1190. The van der Waals surface area contributed by atoms with E-state index in [9.17, 15) is 19.8 Å². The van der Waals surface area contributed by atoms with Crippen LogP contribution in [0, 0.1) is 0 Å². The van der Waals surface area contributed by atoms with Crippen molar-refractivity contribution >= 4 is 33.4 Å². The van der Waals surface area contributed by atoms with E-state index in [4.69, 9.17) is 9.47 Å². The summed E-state index contributed by atoms with van der Waals surface area (Å²) < 4.78 is 11.4. The number of ketones is 1. The molecule has 1 fully saturated rings. The van der Waals surface area contributed by atoms with Gasteiger partial charge in [0.1, 0.15) is 17.6 Å². The Kier molecular flexibility index (Phi) is 6.60. The summed E-state index contributed by atoms with van der Waals surface area (Å²) in [7, 11) is 5.17. The zero-order valence-electron chi connectivity index (χ0n) is 19.5. The fourth-order valence-corrected chi connectivity index (χ4v) is 4.86. The summed E-state index contributed by atoms with van der Waals surface area (Å²) in [6, 6.07) is 7.60. The molecule has 0 radical (unpaired) electrons. The summed E-state index contributed by atoms with van der Waals surface area (Å²) >= 11 is 3.32. The number of likely N-dealkylation sites (N-methyl/N-ethyl adjacent to an activating group) is 1. The number of hydrogen-bond donors (Lipinski definition) is 2. The van der Waals surface area contributed by atoms with Crippen LogP contribution >= 0.6 is 15.9 Å². The normalized spacial score (nSPS) is 21.2. The van der Waals surface area contributed by atoms with Gasteiger partial charge in [-0.05, 0) is 78.4 Å². The van der Waals surface area contributed by atoms with E-state index in [2.05, 4.69) is 15.9 Å². The van der Waals surface area contributed by atoms with E-state index in [1.54, 1.807) is 30.3 Å². The number of phenols is 1. The van der Waals surface area contributed by atoms with Crippen LogP contribution in [-0.4, -0.2) is 72.1 Å². The molecular formula is C25H27BrN2O6. The molecule has 2 aromatic carbocycles. The molecule has 2 atom stereocenters. The van der Waals surface area contributed by atoms with E-state index in [1.165, 1.54) is 12.0 Å². The second-order valence-electron chi connectivity index (χ2n) is 8.80. The van der Waals surface area contributed by atoms with Gasteiger partial charge in [0, 0.05) is 25.1 Å². The molecule has 0 unspecified atom stereocenters. The first-order valence-electron chi connectivity index (χ1n) is 10.9. The molecule has 0 aromatic heterocycles. The third-order valence-corrected chi connectivity index (χ3v) is 6.69. The predicted molar refractivity (Wildman–Crippen MR) is 130 cm³/mol. The summed E-state index contributed by atoms with van der Waals surface area (Å²) in [5.74, 6) is -0.847. The number of halogens is 1. The Morgan fingerprint density at radius 1 is 1.26 bits per heavy atom. The minimum absolute atomic E-state index is 0.00434. The second kappa shape index (κ2) is 9.31. The maximum absolute atomic E-state index is 13.2. The number of carbonyl (C=O) groups excluding carboxylic acids is 2. The molecule has 0 aliphatic carbocycles. The number of amides is 1. The number of phenolic OH excluding ortho intramolecular Hbond substituents is 1. The third kappa shape index (κ3) is 4.25. The van der Waals surface area contributed by atoms with Gasteiger partial charge in [-0.25, -0.2) is 0 Å².